The van der Waals surface area contributed by atoms with Crippen LogP contribution in [0.25, 0.3) is 16.0 Å². The van der Waals surface area contributed by atoms with Crippen molar-refractivity contribution in [1.29, 1.82) is 0 Å². The smallest absolute Gasteiger partial charge is 0.263 e. The third-order valence-corrected chi connectivity index (χ3v) is 6.39. The lowest BCUT2D eigenvalue weighted by Crippen LogP contribution is -2.32. The number of rotatable bonds is 3. The van der Waals surface area contributed by atoms with Crippen LogP contribution in [0.1, 0.15) is 24.3 Å². The van der Waals surface area contributed by atoms with Gasteiger partial charge in [-0.1, -0.05) is 11.8 Å². The van der Waals surface area contributed by atoms with Gasteiger partial charge in [0.15, 0.2) is 5.16 Å². The molecule has 132 valence electrons. The summed E-state index contributed by atoms with van der Waals surface area (Å²) in [6, 6.07) is 0. The molecule has 0 unspecified atom stereocenters. The summed E-state index contributed by atoms with van der Waals surface area (Å²) in [5.41, 5.74) is 5.89. The second-order valence-electron chi connectivity index (χ2n) is 6.65. The van der Waals surface area contributed by atoms with Crippen LogP contribution in [0.2, 0.25) is 0 Å². The Hall–Kier alpha value is -1.91. The summed E-state index contributed by atoms with van der Waals surface area (Å²) in [5, 5.41) is 9.49. The van der Waals surface area contributed by atoms with Crippen LogP contribution in [0, 0.1) is 0 Å². The number of hydrogen-bond acceptors (Lipinski definition) is 7. The number of aromatic nitrogens is 4. The van der Waals surface area contributed by atoms with Gasteiger partial charge in [0.1, 0.15) is 4.83 Å². The lowest BCUT2D eigenvalue weighted by Gasteiger charge is -2.29. The molecule has 2 N–H and O–H groups in total. The third-order valence-electron chi connectivity index (χ3n) is 4.25. The molecule has 0 fully saturated rings. The zero-order valence-electron chi connectivity index (χ0n) is 14.0. The van der Waals surface area contributed by atoms with Crippen molar-refractivity contribution in [2.24, 2.45) is 12.8 Å². The van der Waals surface area contributed by atoms with Crippen molar-refractivity contribution in [2.45, 2.75) is 37.6 Å². The maximum atomic E-state index is 12.9. The average Bonchev–Trinajstić information content (AvgIpc) is 3.10. The number of primary amides is 1. The van der Waals surface area contributed by atoms with Gasteiger partial charge in [0.25, 0.3) is 5.56 Å². The number of nitrogens with two attached hydrogens (primary N) is 1. The molecule has 0 saturated carbocycles. The van der Waals surface area contributed by atoms with Gasteiger partial charge in [-0.25, -0.2) is 4.40 Å². The maximum Gasteiger partial charge on any atom is 0.263 e. The first-order chi connectivity index (χ1) is 11.8. The molecule has 0 saturated heterocycles. The van der Waals surface area contributed by atoms with Gasteiger partial charge >= 0.3 is 0 Å². The summed E-state index contributed by atoms with van der Waals surface area (Å²) in [4.78, 5) is 25.9. The molecule has 10 heteroatoms. The van der Waals surface area contributed by atoms with Crippen LogP contribution in [-0.4, -0.2) is 36.4 Å². The van der Waals surface area contributed by atoms with E-state index in [4.69, 9.17) is 10.5 Å². The molecule has 4 heterocycles. The molecule has 0 bridgehead atoms. The summed E-state index contributed by atoms with van der Waals surface area (Å²) < 4.78 is 9.22. The minimum absolute atomic E-state index is 0.0865. The molecule has 3 aromatic rings. The monoisotopic (exact) mass is 379 g/mol. The fourth-order valence-electron chi connectivity index (χ4n) is 3.06. The summed E-state index contributed by atoms with van der Waals surface area (Å²) in [6.45, 7) is 4.53. The predicted octanol–water partition coefficient (Wildman–Crippen LogP) is 1.07. The number of carbonyl (C=O) groups excluding carboxylic acids is 1. The van der Waals surface area contributed by atoms with Crippen molar-refractivity contribution in [3.8, 4) is 0 Å². The molecule has 3 aromatic heterocycles. The van der Waals surface area contributed by atoms with Crippen LogP contribution in [0.4, 0.5) is 0 Å². The lowest BCUT2D eigenvalue weighted by atomic mass is 9.94. The zero-order valence-corrected chi connectivity index (χ0v) is 15.7. The number of ether oxygens (including phenoxy) is 1. The number of aryl methyl sites for hydroxylation is 1. The molecule has 0 radical (unpaired) electrons. The van der Waals surface area contributed by atoms with Crippen LogP contribution in [0.3, 0.4) is 0 Å². The van der Waals surface area contributed by atoms with E-state index in [0.29, 0.717) is 29.3 Å². The Morgan fingerprint density at radius 2 is 2.20 bits per heavy atom. The highest BCUT2D eigenvalue weighted by Crippen LogP contribution is 2.38. The van der Waals surface area contributed by atoms with Crippen molar-refractivity contribution in [3.63, 3.8) is 0 Å². The van der Waals surface area contributed by atoms with E-state index in [1.165, 1.54) is 27.7 Å². The van der Waals surface area contributed by atoms with Crippen molar-refractivity contribution in [2.75, 3.05) is 5.75 Å². The lowest BCUT2D eigenvalue weighted by molar-refractivity contribution is -0.115. The number of nitrogens with zero attached hydrogens (tertiary/aromatic N) is 4. The highest BCUT2D eigenvalue weighted by atomic mass is 32.2. The van der Waals surface area contributed by atoms with E-state index in [1.807, 2.05) is 18.2 Å². The summed E-state index contributed by atoms with van der Waals surface area (Å²) >= 11 is 2.74. The van der Waals surface area contributed by atoms with Gasteiger partial charge in [0.2, 0.25) is 11.7 Å². The van der Waals surface area contributed by atoms with Gasteiger partial charge in [0, 0.05) is 18.3 Å². The van der Waals surface area contributed by atoms with Gasteiger partial charge in [-0.15, -0.1) is 21.5 Å². The van der Waals surface area contributed by atoms with E-state index >= 15 is 0 Å². The van der Waals surface area contributed by atoms with Crippen molar-refractivity contribution < 1.29 is 9.53 Å². The van der Waals surface area contributed by atoms with Crippen molar-refractivity contribution >= 4 is 45.0 Å². The van der Waals surface area contributed by atoms with Crippen LogP contribution in [0.15, 0.2) is 9.95 Å². The highest BCUT2D eigenvalue weighted by molar-refractivity contribution is 7.99. The molecule has 1 aliphatic heterocycles. The normalized spacial score (nSPS) is 16.4. The first-order valence-corrected chi connectivity index (χ1v) is 9.52. The van der Waals surface area contributed by atoms with Gasteiger partial charge in [0.05, 0.1) is 23.3 Å². The number of thioether (sulfide) groups is 1. The molecule has 1 amide bonds. The summed E-state index contributed by atoms with van der Waals surface area (Å²) in [5.74, 6) is 0.124. The molecule has 1 aliphatic rings. The first kappa shape index (κ1) is 16.6. The highest BCUT2D eigenvalue weighted by Gasteiger charge is 2.31. The Kier molecular flexibility index (Phi) is 3.67. The Bertz CT molecular complexity index is 1080. The molecule has 0 atom stereocenters. The standard InChI is InChI=1S/C15H17N5O3S2/c1-15(2)4-7-8(5-23-15)25-12-10(7)11(22)19(3)13-17-18-14(20(12)13)24-6-9(16)21/h4-6H2,1-3H3,(H2,16,21). The first-order valence-electron chi connectivity index (χ1n) is 7.72. The number of fused-ring (bicyclic) bond motifs is 5. The molecule has 4 rings (SSSR count). The Balaban J connectivity index is 2.03. The molecule has 0 spiro atoms. The zero-order chi connectivity index (χ0) is 17.9. The minimum atomic E-state index is -0.427. The van der Waals surface area contributed by atoms with Gasteiger partial charge < -0.3 is 10.5 Å². The molecule has 0 aromatic carbocycles. The van der Waals surface area contributed by atoms with Crippen LogP contribution in [-0.2, 0) is 29.6 Å². The average molecular weight is 379 g/mol. The predicted molar refractivity (Wildman–Crippen MR) is 96.1 cm³/mol. The van der Waals surface area contributed by atoms with Gasteiger partial charge in [-0.2, -0.15) is 0 Å². The molecular weight excluding hydrogens is 362 g/mol. The van der Waals surface area contributed by atoms with Gasteiger partial charge in [-0.05, 0) is 19.4 Å². The topological polar surface area (TPSA) is 105 Å². The van der Waals surface area contributed by atoms with Crippen molar-refractivity contribution in [3.05, 3.63) is 20.8 Å². The number of amides is 1. The van der Waals surface area contributed by atoms with E-state index in [0.717, 1.165) is 15.3 Å². The Labute approximate surface area is 151 Å². The molecular formula is C15H17N5O3S2. The second kappa shape index (κ2) is 5.55. The van der Waals surface area contributed by atoms with Gasteiger partial charge in [-0.3, -0.25) is 14.2 Å². The Morgan fingerprint density at radius 1 is 1.44 bits per heavy atom. The molecule has 0 aliphatic carbocycles. The molecule has 8 nitrogen and oxygen atoms in total. The van der Waals surface area contributed by atoms with E-state index < -0.39 is 5.91 Å². The fourth-order valence-corrected chi connectivity index (χ4v) is 5.01. The largest absolute Gasteiger partial charge is 0.370 e. The quantitative estimate of drug-likeness (QED) is 0.683. The fraction of sp³-hybridized carbons (Fsp3) is 0.467. The summed E-state index contributed by atoms with van der Waals surface area (Å²) in [6.07, 6.45) is 0.676. The number of hydrogen-bond donors (Lipinski definition) is 1. The number of thiophene rings is 1. The minimum Gasteiger partial charge on any atom is -0.370 e. The molecule has 25 heavy (non-hydrogen) atoms. The third kappa shape index (κ3) is 2.55. The summed E-state index contributed by atoms with van der Waals surface area (Å²) in [7, 11) is 1.68. The van der Waals surface area contributed by atoms with E-state index in [2.05, 4.69) is 10.2 Å². The second-order valence-corrected chi connectivity index (χ2v) is 8.67. The van der Waals surface area contributed by atoms with E-state index in [9.17, 15) is 9.59 Å². The number of carbonyl (C=O) groups is 1. The Morgan fingerprint density at radius 3 is 2.92 bits per heavy atom. The maximum absolute atomic E-state index is 12.9. The van der Waals surface area contributed by atoms with Crippen LogP contribution < -0.4 is 11.3 Å². The van der Waals surface area contributed by atoms with E-state index in [1.54, 1.807) is 7.05 Å². The van der Waals surface area contributed by atoms with E-state index in [-0.39, 0.29) is 16.9 Å². The SMILES string of the molecule is Cn1c(=O)c2c3c(sc2n2c(SCC(N)=O)nnc12)COC(C)(C)C3. The van der Waals surface area contributed by atoms with Crippen LogP contribution >= 0.6 is 23.1 Å². The van der Waals surface area contributed by atoms with Crippen LogP contribution in [0.5, 0.6) is 0 Å². The van der Waals surface area contributed by atoms with Crippen molar-refractivity contribution in [1.82, 2.24) is 19.2 Å².